The third-order valence-electron chi connectivity index (χ3n) is 5.02. The first-order valence-corrected chi connectivity index (χ1v) is 9.67. The van der Waals surface area contributed by atoms with Crippen LogP contribution in [0.1, 0.15) is 33.5 Å². The third-order valence-corrected chi connectivity index (χ3v) is 5.51. The van der Waals surface area contributed by atoms with Gasteiger partial charge in [0, 0.05) is 4.47 Å². The number of carbonyl (C=O) groups is 1. The van der Waals surface area contributed by atoms with Gasteiger partial charge in [-0.05, 0) is 48.0 Å². The minimum Gasteiger partial charge on any atom is -0.467 e. The van der Waals surface area contributed by atoms with Crippen molar-refractivity contribution >= 4 is 32.8 Å². The number of rotatable bonds is 3. The number of hydrogen-bond acceptors (Lipinski definition) is 4. The van der Waals surface area contributed by atoms with Crippen molar-refractivity contribution in [3.63, 3.8) is 0 Å². The van der Waals surface area contributed by atoms with Crippen LogP contribution in [0.15, 0.2) is 79.0 Å². The molecule has 1 atom stereocenters. The summed E-state index contributed by atoms with van der Waals surface area (Å²) in [6.07, 6.45) is 1.52. The predicted molar refractivity (Wildman–Crippen MR) is 107 cm³/mol. The van der Waals surface area contributed by atoms with Crippen LogP contribution in [0.5, 0.6) is 0 Å². The Bertz CT molecular complexity index is 1300. The van der Waals surface area contributed by atoms with E-state index in [0.717, 1.165) is 4.47 Å². The lowest BCUT2D eigenvalue weighted by atomic mass is 9.98. The highest BCUT2D eigenvalue weighted by molar-refractivity contribution is 9.10. The van der Waals surface area contributed by atoms with Crippen LogP contribution in [0.4, 0.5) is 4.39 Å². The van der Waals surface area contributed by atoms with Gasteiger partial charge in [0.1, 0.15) is 17.2 Å². The van der Waals surface area contributed by atoms with Gasteiger partial charge < -0.3 is 13.7 Å². The van der Waals surface area contributed by atoms with Crippen molar-refractivity contribution in [3.8, 4) is 0 Å². The van der Waals surface area contributed by atoms with Gasteiger partial charge in [-0.2, -0.15) is 0 Å². The maximum absolute atomic E-state index is 13.5. The number of furan rings is 1. The smallest absolute Gasteiger partial charge is 0.291 e. The van der Waals surface area contributed by atoms with E-state index in [0.29, 0.717) is 22.3 Å². The van der Waals surface area contributed by atoms with Crippen molar-refractivity contribution in [2.45, 2.75) is 12.6 Å². The van der Waals surface area contributed by atoms with Crippen LogP contribution in [0.25, 0.3) is 11.0 Å². The van der Waals surface area contributed by atoms with Crippen LogP contribution in [0.2, 0.25) is 0 Å². The quantitative estimate of drug-likeness (QED) is 0.436. The molecule has 0 spiro atoms. The van der Waals surface area contributed by atoms with Crippen LogP contribution < -0.4 is 5.43 Å². The van der Waals surface area contributed by atoms with Gasteiger partial charge in [-0.1, -0.05) is 28.1 Å². The molecule has 1 unspecified atom stereocenters. The largest absolute Gasteiger partial charge is 0.467 e. The fourth-order valence-electron chi connectivity index (χ4n) is 3.72. The molecule has 1 amide bonds. The topological polar surface area (TPSA) is 63.7 Å². The minimum atomic E-state index is -0.706. The van der Waals surface area contributed by atoms with Crippen molar-refractivity contribution < 1.29 is 18.0 Å². The Morgan fingerprint density at radius 3 is 2.59 bits per heavy atom. The first kappa shape index (κ1) is 17.9. The van der Waals surface area contributed by atoms with Crippen molar-refractivity contribution in [1.29, 1.82) is 0 Å². The fourth-order valence-corrected chi connectivity index (χ4v) is 4.08. The summed E-state index contributed by atoms with van der Waals surface area (Å²) in [5, 5.41) is 0.373. The number of fused-ring (bicyclic) bond motifs is 2. The number of carbonyl (C=O) groups excluding carboxylic acids is 1. The summed E-state index contributed by atoms with van der Waals surface area (Å²) in [7, 11) is 0. The Labute approximate surface area is 172 Å². The molecule has 3 heterocycles. The molecule has 0 radical (unpaired) electrons. The van der Waals surface area contributed by atoms with Crippen LogP contribution in [0, 0.1) is 5.82 Å². The molecule has 7 heteroatoms. The second-order valence-electron chi connectivity index (χ2n) is 6.78. The average molecular weight is 454 g/mol. The van der Waals surface area contributed by atoms with E-state index in [4.69, 9.17) is 8.83 Å². The summed E-state index contributed by atoms with van der Waals surface area (Å²) in [5.41, 5.74) is 0.917. The summed E-state index contributed by atoms with van der Waals surface area (Å²) in [6, 6.07) is 13.6. The summed E-state index contributed by atoms with van der Waals surface area (Å²) in [4.78, 5) is 28.1. The molecule has 5 nitrogen and oxygen atoms in total. The Morgan fingerprint density at radius 2 is 1.86 bits per heavy atom. The molecule has 0 fully saturated rings. The molecule has 1 aliphatic rings. The molecule has 4 aromatic rings. The van der Waals surface area contributed by atoms with E-state index in [2.05, 4.69) is 15.9 Å². The molecule has 1 aliphatic heterocycles. The molecule has 29 heavy (non-hydrogen) atoms. The normalized spacial score (nSPS) is 15.9. The number of hydrogen-bond donors (Lipinski definition) is 0. The van der Waals surface area contributed by atoms with E-state index in [1.807, 2.05) is 0 Å². The summed E-state index contributed by atoms with van der Waals surface area (Å²) >= 11 is 3.37. The highest BCUT2D eigenvalue weighted by atomic mass is 79.9. The van der Waals surface area contributed by atoms with Crippen LogP contribution in [-0.4, -0.2) is 10.8 Å². The summed E-state index contributed by atoms with van der Waals surface area (Å²) in [6.45, 7) is 0.150. The summed E-state index contributed by atoms with van der Waals surface area (Å²) < 4.78 is 25.5. The van der Waals surface area contributed by atoms with Gasteiger partial charge in [0.15, 0.2) is 5.43 Å². The maximum atomic E-state index is 13.5. The average Bonchev–Trinajstić information content (AvgIpc) is 3.32. The molecule has 0 aliphatic carbocycles. The van der Waals surface area contributed by atoms with Crippen molar-refractivity contribution in [2.24, 2.45) is 0 Å². The second kappa shape index (κ2) is 6.70. The second-order valence-corrected chi connectivity index (χ2v) is 7.70. The number of nitrogens with zero attached hydrogens (tertiary/aromatic N) is 1. The third kappa shape index (κ3) is 2.89. The van der Waals surface area contributed by atoms with E-state index < -0.39 is 17.8 Å². The Hall–Kier alpha value is -3.19. The summed E-state index contributed by atoms with van der Waals surface area (Å²) in [5.74, 6) is -0.235. The van der Waals surface area contributed by atoms with Gasteiger partial charge in [0.05, 0.1) is 29.8 Å². The van der Waals surface area contributed by atoms with E-state index in [9.17, 15) is 14.0 Å². The fraction of sp³-hybridized carbons (Fsp3) is 0.0909. The lowest BCUT2D eigenvalue weighted by Gasteiger charge is -2.24. The number of amides is 1. The first-order chi connectivity index (χ1) is 14.0. The molecule has 0 bridgehead atoms. The van der Waals surface area contributed by atoms with E-state index in [1.165, 1.54) is 23.3 Å². The van der Waals surface area contributed by atoms with Crippen LogP contribution in [-0.2, 0) is 6.54 Å². The Morgan fingerprint density at radius 1 is 1.07 bits per heavy atom. The molecule has 144 valence electrons. The molecular weight excluding hydrogens is 441 g/mol. The number of benzene rings is 2. The maximum Gasteiger partial charge on any atom is 0.291 e. The van der Waals surface area contributed by atoms with E-state index in [1.54, 1.807) is 42.5 Å². The molecular formula is C22H13BrFNO4. The standard InChI is InChI=1S/C22H13BrFNO4/c23-13-5-8-17-16(10-13)20(26)18-19(12-3-6-14(24)7-4-12)25(22(27)21(18)29-17)11-15-2-1-9-28-15/h1-10,19H,11H2. The zero-order chi connectivity index (χ0) is 20.1. The molecule has 5 rings (SSSR count). The lowest BCUT2D eigenvalue weighted by molar-refractivity contribution is 0.0701. The SMILES string of the molecule is O=C1c2oc3ccc(Br)cc3c(=O)c2C(c2ccc(F)cc2)N1Cc1ccco1. The zero-order valence-corrected chi connectivity index (χ0v) is 16.5. The van der Waals surface area contributed by atoms with E-state index in [-0.39, 0.29) is 23.3 Å². The molecule has 2 aromatic heterocycles. The van der Waals surface area contributed by atoms with Gasteiger partial charge in [-0.3, -0.25) is 9.59 Å². The highest BCUT2D eigenvalue weighted by Gasteiger charge is 2.43. The lowest BCUT2D eigenvalue weighted by Crippen LogP contribution is -2.29. The van der Waals surface area contributed by atoms with Gasteiger partial charge in [-0.25, -0.2) is 4.39 Å². The van der Waals surface area contributed by atoms with Gasteiger partial charge >= 0.3 is 0 Å². The van der Waals surface area contributed by atoms with Crippen molar-refractivity contribution in [1.82, 2.24) is 4.90 Å². The molecule has 0 N–H and O–H groups in total. The van der Waals surface area contributed by atoms with Crippen LogP contribution in [0.3, 0.4) is 0 Å². The van der Waals surface area contributed by atoms with Crippen molar-refractivity contribution in [2.75, 3.05) is 0 Å². The zero-order valence-electron chi connectivity index (χ0n) is 14.9. The van der Waals surface area contributed by atoms with Gasteiger partial charge in [-0.15, -0.1) is 0 Å². The predicted octanol–water partition coefficient (Wildman–Crippen LogP) is 5.03. The first-order valence-electron chi connectivity index (χ1n) is 8.88. The number of halogens is 2. The highest BCUT2D eigenvalue weighted by Crippen LogP contribution is 2.39. The molecule has 0 saturated heterocycles. The molecule has 2 aromatic carbocycles. The Kier molecular flexibility index (Phi) is 4.13. The monoisotopic (exact) mass is 453 g/mol. The molecule has 0 saturated carbocycles. The van der Waals surface area contributed by atoms with Crippen molar-refractivity contribution in [3.05, 3.63) is 104 Å². The van der Waals surface area contributed by atoms with Crippen LogP contribution >= 0.6 is 15.9 Å². The Balaban J connectivity index is 1.75. The van der Waals surface area contributed by atoms with Gasteiger partial charge in [0.25, 0.3) is 5.91 Å². The van der Waals surface area contributed by atoms with E-state index >= 15 is 0 Å². The van der Waals surface area contributed by atoms with Gasteiger partial charge in [0.2, 0.25) is 5.76 Å². The minimum absolute atomic E-state index is 0.00528.